The van der Waals surface area contributed by atoms with Crippen LogP contribution in [0.15, 0.2) is 18.2 Å². The van der Waals surface area contributed by atoms with E-state index in [1.54, 1.807) is 0 Å². The lowest BCUT2D eigenvalue weighted by Gasteiger charge is -2.31. The van der Waals surface area contributed by atoms with Crippen LogP contribution in [0.2, 0.25) is 0 Å². The van der Waals surface area contributed by atoms with Gasteiger partial charge in [0, 0.05) is 23.4 Å². The molecule has 2 N–H and O–H groups in total. The molecule has 2 aliphatic rings. The first-order chi connectivity index (χ1) is 10.3. The van der Waals surface area contributed by atoms with Gasteiger partial charge in [-0.25, -0.2) is 0 Å². The molecule has 0 saturated heterocycles. The van der Waals surface area contributed by atoms with E-state index in [0.29, 0.717) is 11.3 Å². The van der Waals surface area contributed by atoms with Crippen LogP contribution in [0.5, 0.6) is 0 Å². The zero-order valence-electron chi connectivity index (χ0n) is 12.7. The van der Waals surface area contributed by atoms with Crippen molar-refractivity contribution in [2.45, 2.75) is 49.9 Å². The van der Waals surface area contributed by atoms with Gasteiger partial charge in [0.05, 0.1) is 0 Å². The lowest BCUT2D eigenvalue weighted by Crippen LogP contribution is -2.44. The minimum Gasteiger partial charge on any atom is -0.348 e. The summed E-state index contributed by atoms with van der Waals surface area (Å²) in [5.41, 5.74) is 3.41. The third-order valence-corrected chi connectivity index (χ3v) is 5.88. The lowest BCUT2D eigenvalue weighted by molar-refractivity contribution is 0.0928. The fraction of sp³-hybridized carbons (Fsp3) is 0.588. The molecule has 21 heavy (non-hydrogen) atoms. The summed E-state index contributed by atoms with van der Waals surface area (Å²) in [4.78, 5) is 12.7. The molecule has 1 heterocycles. The normalized spacial score (nSPS) is 25.2. The zero-order chi connectivity index (χ0) is 14.7. The highest BCUT2D eigenvalue weighted by atomic mass is 32.2. The summed E-state index contributed by atoms with van der Waals surface area (Å²) in [5, 5.41) is 7.25. The molecule has 0 bridgehead atoms. The first kappa shape index (κ1) is 14.9. The van der Waals surface area contributed by atoms with E-state index in [9.17, 15) is 4.79 Å². The average Bonchev–Trinajstić information content (AvgIpc) is 2.54. The Bertz CT molecular complexity index is 518. The van der Waals surface area contributed by atoms with Crippen molar-refractivity contribution in [2.75, 3.05) is 12.8 Å². The van der Waals surface area contributed by atoms with Gasteiger partial charge in [-0.05, 0) is 49.3 Å². The van der Waals surface area contributed by atoms with Crippen molar-refractivity contribution in [3.8, 4) is 0 Å². The molecule has 2 unspecified atom stereocenters. The van der Waals surface area contributed by atoms with E-state index in [-0.39, 0.29) is 5.91 Å². The zero-order valence-corrected chi connectivity index (χ0v) is 13.5. The smallest absolute Gasteiger partial charge is 0.251 e. The molecule has 1 saturated carbocycles. The summed E-state index contributed by atoms with van der Waals surface area (Å²) in [6.07, 6.45) is 7.99. The molecular weight excluding hydrogens is 280 g/mol. The Morgan fingerprint density at radius 2 is 2.19 bits per heavy atom. The Hall–Kier alpha value is -1.00. The maximum Gasteiger partial charge on any atom is 0.251 e. The number of fused-ring (bicyclic) bond motifs is 1. The average molecular weight is 304 g/mol. The standard InChI is InChI=1S/C17H24N2OS/c1-21-16-8-3-2-7-15(16)19-17(20)14-6-4-5-12-11-18-10-9-13(12)14/h4-6,15-16,18H,2-3,7-11H2,1H3,(H,19,20). The number of nitrogens with one attached hydrogen (secondary N) is 2. The number of amides is 1. The summed E-state index contributed by atoms with van der Waals surface area (Å²) >= 11 is 1.90. The highest BCUT2D eigenvalue weighted by molar-refractivity contribution is 7.99. The van der Waals surface area contributed by atoms with E-state index in [2.05, 4.69) is 23.0 Å². The van der Waals surface area contributed by atoms with E-state index in [1.165, 1.54) is 30.4 Å². The Kier molecular flexibility index (Phi) is 4.86. The molecule has 0 radical (unpaired) electrons. The van der Waals surface area contributed by atoms with Gasteiger partial charge in [0.2, 0.25) is 0 Å². The molecule has 1 aliphatic carbocycles. The van der Waals surface area contributed by atoms with Crippen molar-refractivity contribution in [3.05, 3.63) is 34.9 Å². The van der Waals surface area contributed by atoms with E-state index >= 15 is 0 Å². The monoisotopic (exact) mass is 304 g/mol. The summed E-state index contributed by atoms with van der Waals surface area (Å²) in [6.45, 7) is 1.85. The fourth-order valence-electron chi connectivity index (χ4n) is 3.53. The molecule has 1 fully saturated rings. The second kappa shape index (κ2) is 6.84. The maximum absolute atomic E-state index is 12.7. The molecule has 0 spiro atoms. The molecule has 3 nitrogen and oxygen atoms in total. The van der Waals surface area contributed by atoms with Crippen molar-refractivity contribution in [1.82, 2.24) is 10.6 Å². The van der Waals surface area contributed by atoms with Crippen LogP contribution in [0.25, 0.3) is 0 Å². The molecule has 1 aromatic rings. The van der Waals surface area contributed by atoms with Gasteiger partial charge >= 0.3 is 0 Å². The van der Waals surface area contributed by atoms with Crippen LogP contribution < -0.4 is 10.6 Å². The number of carbonyl (C=O) groups is 1. The highest BCUT2D eigenvalue weighted by Crippen LogP contribution is 2.28. The largest absolute Gasteiger partial charge is 0.348 e. The van der Waals surface area contributed by atoms with Crippen LogP contribution in [-0.4, -0.2) is 30.0 Å². The van der Waals surface area contributed by atoms with Gasteiger partial charge in [-0.2, -0.15) is 11.8 Å². The number of benzene rings is 1. The van der Waals surface area contributed by atoms with Gasteiger partial charge in [-0.3, -0.25) is 4.79 Å². The van der Waals surface area contributed by atoms with Gasteiger partial charge in [0.1, 0.15) is 0 Å². The van der Waals surface area contributed by atoms with Crippen molar-refractivity contribution in [3.63, 3.8) is 0 Å². The van der Waals surface area contributed by atoms with Gasteiger partial charge < -0.3 is 10.6 Å². The Morgan fingerprint density at radius 3 is 3.05 bits per heavy atom. The van der Waals surface area contributed by atoms with Crippen LogP contribution >= 0.6 is 11.8 Å². The number of rotatable bonds is 3. The maximum atomic E-state index is 12.7. The van der Waals surface area contributed by atoms with Crippen LogP contribution in [0, 0.1) is 0 Å². The predicted octanol–water partition coefficient (Wildman–Crippen LogP) is 2.74. The lowest BCUT2D eigenvalue weighted by atomic mass is 9.92. The minimum atomic E-state index is 0.125. The van der Waals surface area contributed by atoms with Gasteiger partial charge in [0.15, 0.2) is 0 Å². The van der Waals surface area contributed by atoms with E-state index in [1.807, 2.05) is 23.9 Å². The number of hydrogen-bond acceptors (Lipinski definition) is 3. The second-order valence-electron chi connectivity index (χ2n) is 6.01. The molecule has 0 aromatic heterocycles. The van der Waals surface area contributed by atoms with E-state index in [4.69, 9.17) is 0 Å². The van der Waals surface area contributed by atoms with Crippen molar-refractivity contribution in [1.29, 1.82) is 0 Å². The highest BCUT2D eigenvalue weighted by Gasteiger charge is 2.27. The quantitative estimate of drug-likeness (QED) is 0.902. The van der Waals surface area contributed by atoms with Crippen molar-refractivity contribution in [2.24, 2.45) is 0 Å². The first-order valence-electron chi connectivity index (χ1n) is 7.94. The van der Waals surface area contributed by atoms with Gasteiger partial charge in [0.25, 0.3) is 5.91 Å². The molecule has 1 aliphatic heterocycles. The van der Waals surface area contributed by atoms with Crippen LogP contribution in [0.1, 0.15) is 47.2 Å². The summed E-state index contributed by atoms with van der Waals surface area (Å²) in [6, 6.07) is 6.45. The molecule has 4 heteroatoms. The Labute approximate surface area is 131 Å². The summed E-state index contributed by atoms with van der Waals surface area (Å²) in [7, 11) is 0. The molecule has 114 valence electrons. The number of hydrogen-bond donors (Lipinski definition) is 2. The summed E-state index contributed by atoms with van der Waals surface area (Å²) in [5.74, 6) is 0.125. The SMILES string of the molecule is CSC1CCCCC1NC(=O)c1cccc2c1CCNC2. The predicted molar refractivity (Wildman–Crippen MR) is 88.9 cm³/mol. The number of carbonyl (C=O) groups excluding carboxylic acids is 1. The first-order valence-corrected chi connectivity index (χ1v) is 9.23. The fourth-order valence-corrected chi connectivity index (χ4v) is 4.47. The molecule has 3 rings (SSSR count). The minimum absolute atomic E-state index is 0.125. The van der Waals surface area contributed by atoms with E-state index < -0.39 is 0 Å². The second-order valence-corrected chi connectivity index (χ2v) is 7.09. The van der Waals surface area contributed by atoms with Crippen LogP contribution in [0.4, 0.5) is 0 Å². The summed E-state index contributed by atoms with van der Waals surface area (Å²) < 4.78 is 0. The van der Waals surface area contributed by atoms with Crippen molar-refractivity contribution < 1.29 is 4.79 Å². The van der Waals surface area contributed by atoms with Crippen LogP contribution in [0.3, 0.4) is 0 Å². The van der Waals surface area contributed by atoms with E-state index in [0.717, 1.165) is 31.5 Å². The Balaban J connectivity index is 1.76. The third-order valence-electron chi connectivity index (χ3n) is 4.71. The van der Waals surface area contributed by atoms with Gasteiger partial charge in [-0.15, -0.1) is 0 Å². The Morgan fingerprint density at radius 1 is 1.33 bits per heavy atom. The van der Waals surface area contributed by atoms with Crippen molar-refractivity contribution >= 4 is 17.7 Å². The van der Waals surface area contributed by atoms with Gasteiger partial charge in [-0.1, -0.05) is 25.0 Å². The van der Waals surface area contributed by atoms with Crippen LogP contribution in [-0.2, 0) is 13.0 Å². The molecule has 1 amide bonds. The number of thioether (sulfide) groups is 1. The topological polar surface area (TPSA) is 41.1 Å². The third kappa shape index (κ3) is 3.27. The molecule has 1 aromatic carbocycles. The molecule has 2 atom stereocenters. The molecular formula is C17H24N2OS.